The molecule has 0 heterocycles. The van der Waals surface area contributed by atoms with E-state index in [0.717, 1.165) is 0 Å². The Balaban J connectivity index is -0.0000000667. The maximum absolute atomic E-state index is 1.50. The molecule has 0 unspecified atom stereocenters. The van der Waals surface area contributed by atoms with Crippen LogP contribution < -0.4 is 0 Å². The van der Waals surface area contributed by atoms with Crippen LogP contribution in [-0.4, -0.2) is 21.9 Å². The van der Waals surface area contributed by atoms with Crippen molar-refractivity contribution in [3.63, 3.8) is 0 Å². The molecule has 25 heavy (non-hydrogen) atoms. The van der Waals surface area contributed by atoms with Crippen LogP contribution in [0.4, 0.5) is 0 Å². The molecule has 0 spiro atoms. The largest absolute Gasteiger partial charge is 0.870 e. The maximum atomic E-state index is 1.50. The Labute approximate surface area is 172 Å². The second-order valence-electron chi connectivity index (χ2n) is 7.07. The van der Waals surface area contributed by atoms with Crippen LogP contribution in [0, 0.1) is 0 Å². The summed E-state index contributed by atoms with van der Waals surface area (Å²) in [6, 6.07) is 0. The van der Waals surface area contributed by atoms with Crippen molar-refractivity contribution in [3.05, 3.63) is 0 Å². The third kappa shape index (κ3) is 29.6. The number of hydrogen-bond acceptors (Lipinski definition) is 4. The zero-order valence-electron chi connectivity index (χ0n) is 16.4. The SMILES string of the molecule is C1CCCC1.C1CCCC1.C1CCCC1.C1CCCC1.[OH-].[OH-].[OH-].[OH-].[Ti]. The predicted octanol–water partition coefficient (Wildman–Crippen LogP) is 7.09. The van der Waals surface area contributed by atoms with Gasteiger partial charge in [-0.25, -0.2) is 0 Å². The molecule has 0 bridgehead atoms. The van der Waals surface area contributed by atoms with Crippen molar-refractivity contribution in [1.82, 2.24) is 0 Å². The van der Waals surface area contributed by atoms with Gasteiger partial charge in [0, 0.05) is 21.7 Å². The van der Waals surface area contributed by atoms with Gasteiger partial charge in [-0.15, -0.1) is 0 Å². The molecule has 0 aromatic heterocycles. The molecule has 4 N–H and O–H groups in total. The van der Waals surface area contributed by atoms with Gasteiger partial charge in [-0.1, -0.05) is 128 Å². The second kappa shape index (κ2) is 32.2. The molecule has 0 aliphatic heterocycles. The second-order valence-corrected chi connectivity index (χ2v) is 7.07. The Bertz CT molecular complexity index is 108. The van der Waals surface area contributed by atoms with Crippen LogP contribution >= 0.6 is 0 Å². The topological polar surface area (TPSA) is 120 Å². The van der Waals surface area contributed by atoms with Crippen LogP contribution in [0.25, 0.3) is 0 Å². The van der Waals surface area contributed by atoms with Gasteiger partial charge in [0.15, 0.2) is 0 Å². The molecule has 4 saturated carbocycles. The Morgan fingerprint density at radius 1 is 0.160 bits per heavy atom. The van der Waals surface area contributed by atoms with E-state index in [4.69, 9.17) is 0 Å². The standard InChI is InChI=1S/4C5H10.4H2O.Ti/c4*1-2-4-5-3-1;;;;;/h4*1-5H2;4*1H2;/p-4. The zero-order valence-corrected chi connectivity index (χ0v) is 18.0. The number of rotatable bonds is 0. The average Bonchev–Trinajstić information content (AvgIpc) is 3.40. The van der Waals surface area contributed by atoms with Gasteiger partial charge in [-0.3, -0.25) is 0 Å². The molecule has 0 aromatic rings. The molecule has 0 atom stereocenters. The summed E-state index contributed by atoms with van der Waals surface area (Å²) in [7, 11) is 0. The van der Waals surface area contributed by atoms with Gasteiger partial charge in [0.25, 0.3) is 0 Å². The summed E-state index contributed by atoms with van der Waals surface area (Å²) in [6.07, 6.45) is 30.0. The minimum atomic E-state index is 0. The van der Waals surface area contributed by atoms with E-state index in [9.17, 15) is 0 Å². The van der Waals surface area contributed by atoms with Crippen LogP contribution in [0.2, 0.25) is 0 Å². The molecule has 4 nitrogen and oxygen atoms in total. The fourth-order valence-electron chi connectivity index (χ4n) is 3.54. The Hall–Kier alpha value is 0.554. The van der Waals surface area contributed by atoms with Crippen molar-refractivity contribution < 1.29 is 43.6 Å². The molecule has 0 radical (unpaired) electrons. The summed E-state index contributed by atoms with van der Waals surface area (Å²) in [6.45, 7) is 0. The van der Waals surface area contributed by atoms with Crippen molar-refractivity contribution in [1.29, 1.82) is 0 Å². The summed E-state index contributed by atoms with van der Waals surface area (Å²) in [5.41, 5.74) is 0. The molecular formula is C20H44O4Ti-4. The molecule has 5 heteroatoms. The molecule has 0 aromatic carbocycles. The molecule has 4 fully saturated rings. The van der Waals surface area contributed by atoms with Gasteiger partial charge < -0.3 is 21.9 Å². The molecule has 4 aliphatic carbocycles. The smallest absolute Gasteiger partial charge is 0 e. The first-order valence-electron chi connectivity index (χ1n) is 10.00. The summed E-state index contributed by atoms with van der Waals surface area (Å²) >= 11 is 0. The minimum Gasteiger partial charge on any atom is -0.870 e. The zero-order chi connectivity index (χ0) is 14.1. The quantitative estimate of drug-likeness (QED) is 0.406. The van der Waals surface area contributed by atoms with Gasteiger partial charge in [0.05, 0.1) is 0 Å². The Morgan fingerprint density at radius 3 is 0.240 bits per heavy atom. The van der Waals surface area contributed by atoms with E-state index < -0.39 is 0 Å². The number of hydrogen-bond donors (Lipinski definition) is 0. The van der Waals surface area contributed by atoms with Gasteiger partial charge in [-0.05, 0) is 0 Å². The van der Waals surface area contributed by atoms with E-state index in [0.29, 0.717) is 0 Å². The van der Waals surface area contributed by atoms with Crippen LogP contribution in [-0.2, 0) is 21.7 Å². The third-order valence-corrected chi connectivity index (χ3v) is 5.00. The molecule has 0 saturated heterocycles. The normalized spacial score (nSPS) is 19.2. The molecule has 4 rings (SSSR count). The van der Waals surface area contributed by atoms with Crippen LogP contribution in [0.5, 0.6) is 0 Å². The fourth-order valence-corrected chi connectivity index (χ4v) is 3.54. The molecule has 156 valence electrons. The van der Waals surface area contributed by atoms with Gasteiger partial charge >= 0.3 is 0 Å². The van der Waals surface area contributed by atoms with E-state index in [1.165, 1.54) is 128 Å². The summed E-state index contributed by atoms with van der Waals surface area (Å²) in [4.78, 5) is 0. The summed E-state index contributed by atoms with van der Waals surface area (Å²) in [5.74, 6) is 0. The first-order chi connectivity index (χ1) is 10.0. The van der Waals surface area contributed by atoms with Crippen LogP contribution in [0.15, 0.2) is 0 Å². The van der Waals surface area contributed by atoms with E-state index in [2.05, 4.69) is 0 Å². The van der Waals surface area contributed by atoms with E-state index >= 15 is 0 Å². The van der Waals surface area contributed by atoms with Crippen molar-refractivity contribution in [2.45, 2.75) is 128 Å². The van der Waals surface area contributed by atoms with Crippen molar-refractivity contribution >= 4 is 0 Å². The van der Waals surface area contributed by atoms with E-state index in [1.807, 2.05) is 0 Å². The maximum Gasteiger partial charge on any atom is 0 e. The summed E-state index contributed by atoms with van der Waals surface area (Å²) < 4.78 is 0. The molecule has 4 aliphatic rings. The van der Waals surface area contributed by atoms with Crippen molar-refractivity contribution in [2.24, 2.45) is 0 Å². The Kier molecular flexibility index (Phi) is 47.0. The van der Waals surface area contributed by atoms with Crippen LogP contribution in [0.1, 0.15) is 128 Å². The van der Waals surface area contributed by atoms with Crippen molar-refractivity contribution in [2.75, 3.05) is 0 Å². The third-order valence-electron chi connectivity index (χ3n) is 5.00. The van der Waals surface area contributed by atoms with Gasteiger partial charge in [-0.2, -0.15) is 0 Å². The monoisotopic (exact) mass is 396 g/mol. The van der Waals surface area contributed by atoms with E-state index in [1.54, 1.807) is 0 Å². The predicted molar refractivity (Wildman–Crippen MR) is 100 cm³/mol. The fraction of sp³-hybridized carbons (Fsp3) is 1.00. The van der Waals surface area contributed by atoms with E-state index in [-0.39, 0.29) is 43.6 Å². The Morgan fingerprint density at radius 2 is 0.200 bits per heavy atom. The molecular weight excluding hydrogens is 352 g/mol. The van der Waals surface area contributed by atoms with Crippen LogP contribution in [0.3, 0.4) is 0 Å². The van der Waals surface area contributed by atoms with Crippen molar-refractivity contribution in [3.8, 4) is 0 Å². The average molecular weight is 396 g/mol. The molecule has 0 amide bonds. The van der Waals surface area contributed by atoms with Gasteiger partial charge in [0.2, 0.25) is 0 Å². The minimum absolute atomic E-state index is 0. The summed E-state index contributed by atoms with van der Waals surface area (Å²) in [5, 5.41) is 0. The van der Waals surface area contributed by atoms with Gasteiger partial charge in [0.1, 0.15) is 0 Å². The first kappa shape index (κ1) is 36.5. The first-order valence-corrected chi connectivity index (χ1v) is 10.00.